The number of rotatable bonds is 4. The largest absolute Gasteiger partial charge is 0.668 e. The monoisotopic (exact) mass is 605 g/mol. The number of amides is 2. The molecule has 0 aliphatic rings. The zero-order valence-corrected chi connectivity index (χ0v) is 23.1. The Labute approximate surface area is 229 Å². The Bertz CT molecular complexity index is 1200. The van der Waals surface area contributed by atoms with Gasteiger partial charge < -0.3 is 26.7 Å². The van der Waals surface area contributed by atoms with Crippen LogP contribution in [0.2, 0.25) is 5.02 Å². The Morgan fingerprint density at radius 2 is 1.97 bits per heavy atom. The zero-order chi connectivity index (χ0) is 23.8. The molecular formula is C20H18BrClN8O2Y-2. The normalized spacial score (nSPS) is 9.61. The molecule has 0 aliphatic carbocycles. The average molecular weight is 607 g/mol. The van der Waals surface area contributed by atoms with Gasteiger partial charge in [-0.2, -0.15) is 24.5 Å². The van der Waals surface area contributed by atoms with E-state index in [1.54, 1.807) is 33.2 Å². The van der Waals surface area contributed by atoms with Crippen LogP contribution in [0, 0.1) is 18.3 Å². The minimum atomic E-state index is -0.775. The van der Waals surface area contributed by atoms with Crippen LogP contribution in [0.15, 0.2) is 41.1 Å². The Hall–Kier alpha value is -2.20. The summed E-state index contributed by atoms with van der Waals surface area (Å²) in [6, 6.07) is 9.54. The molecule has 0 spiro atoms. The molecule has 0 bridgehead atoms. The van der Waals surface area contributed by atoms with Gasteiger partial charge in [-0.25, -0.2) is 9.67 Å². The number of nitriles is 1. The minimum absolute atomic E-state index is 0. The number of benzene rings is 1. The molecule has 2 aromatic heterocycles. The van der Waals surface area contributed by atoms with Crippen LogP contribution in [-0.4, -0.2) is 40.7 Å². The van der Waals surface area contributed by atoms with E-state index >= 15 is 0 Å². The third kappa shape index (κ3) is 7.14. The first-order valence-corrected chi connectivity index (χ1v) is 10.1. The fourth-order valence-corrected chi connectivity index (χ4v) is 3.22. The molecule has 2 heterocycles. The molecule has 2 amide bonds. The summed E-state index contributed by atoms with van der Waals surface area (Å²) in [5.74, 6) is 4.02. The molecular weight excluding hydrogens is 589 g/mol. The number of anilines is 1. The molecule has 13 heteroatoms. The van der Waals surface area contributed by atoms with Crippen LogP contribution in [0.5, 0.6) is 0 Å². The van der Waals surface area contributed by atoms with Gasteiger partial charge >= 0.3 is 0 Å². The Balaban J connectivity index is 0.00000129. The maximum Gasteiger partial charge on any atom is 0.274 e. The second-order valence-electron chi connectivity index (χ2n) is 6.24. The molecule has 0 aliphatic heterocycles. The number of carbonyl (C=O) groups is 2. The van der Waals surface area contributed by atoms with Gasteiger partial charge in [-0.1, -0.05) is 11.6 Å². The maximum absolute atomic E-state index is 13.0. The minimum Gasteiger partial charge on any atom is -0.668 e. The van der Waals surface area contributed by atoms with Crippen molar-refractivity contribution in [3.05, 3.63) is 79.3 Å². The third-order valence-electron chi connectivity index (χ3n) is 3.90. The first kappa shape index (κ1) is 28.8. The van der Waals surface area contributed by atoms with Gasteiger partial charge in [0.15, 0.2) is 5.82 Å². The topological polar surface area (TPSA) is 155 Å². The quantitative estimate of drug-likeness (QED) is 0.259. The van der Waals surface area contributed by atoms with Crippen molar-refractivity contribution in [3.63, 3.8) is 0 Å². The summed E-state index contributed by atoms with van der Waals surface area (Å²) in [6.07, 6.45) is 1.52. The van der Waals surface area contributed by atoms with Crippen LogP contribution < -0.4 is 11.2 Å². The van der Waals surface area contributed by atoms with E-state index in [1.807, 2.05) is 6.07 Å². The average Bonchev–Trinajstić information content (AvgIpc) is 3.16. The van der Waals surface area contributed by atoms with E-state index in [9.17, 15) is 9.59 Å². The summed E-state index contributed by atoms with van der Waals surface area (Å²) in [5.41, 5.74) is 4.17. The van der Waals surface area contributed by atoms with E-state index in [-0.39, 0.29) is 61.0 Å². The predicted octanol–water partition coefficient (Wildman–Crippen LogP) is 4.12. The second kappa shape index (κ2) is 13.5. The summed E-state index contributed by atoms with van der Waals surface area (Å²) < 4.78 is 1.66. The second-order valence-corrected chi connectivity index (χ2v) is 7.46. The van der Waals surface area contributed by atoms with Crippen molar-refractivity contribution in [1.29, 1.82) is 5.26 Å². The van der Waals surface area contributed by atoms with Crippen molar-refractivity contribution in [1.82, 2.24) is 14.8 Å². The molecule has 10 nitrogen and oxygen atoms in total. The number of aryl methyl sites for hydroxylation is 1. The summed E-state index contributed by atoms with van der Waals surface area (Å²) >= 11 is 9.41. The molecule has 33 heavy (non-hydrogen) atoms. The van der Waals surface area contributed by atoms with Gasteiger partial charge in [0.05, 0.1) is 28.2 Å². The fourth-order valence-electron chi connectivity index (χ4n) is 2.64. The van der Waals surface area contributed by atoms with Gasteiger partial charge in [-0.15, -0.1) is 0 Å². The number of hydrogen-bond acceptors (Lipinski definition) is 6. The van der Waals surface area contributed by atoms with Gasteiger partial charge in [-0.05, 0) is 52.7 Å². The summed E-state index contributed by atoms with van der Waals surface area (Å²) in [6.45, 7) is 1.65. The maximum atomic E-state index is 13.0. The Kier molecular flexibility index (Phi) is 11.8. The number of nitrogens with two attached hydrogens (primary N) is 1. The predicted molar refractivity (Wildman–Crippen MR) is 125 cm³/mol. The molecule has 0 unspecified atom stereocenters. The van der Waals surface area contributed by atoms with Crippen LogP contribution >= 0.6 is 27.5 Å². The first-order valence-electron chi connectivity index (χ1n) is 8.93. The van der Waals surface area contributed by atoms with Crippen molar-refractivity contribution in [3.8, 4) is 11.9 Å². The zero-order valence-electron chi connectivity index (χ0n) is 17.9. The molecule has 1 aromatic carbocycles. The van der Waals surface area contributed by atoms with Crippen LogP contribution in [0.25, 0.3) is 16.6 Å². The van der Waals surface area contributed by atoms with E-state index in [2.05, 4.69) is 42.1 Å². The Morgan fingerprint density at radius 3 is 2.55 bits per heavy atom. The van der Waals surface area contributed by atoms with Crippen molar-refractivity contribution in [2.75, 3.05) is 19.4 Å². The van der Waals surface area contributed by atoms with Crippen molar-refractivity contribution in [2.45, 2.75) is 6.92 Å². The van der Waals surface area contributed by atoms with Crippen LogP contribution in [0.4, 0.5) is 5.69 Å². The summed E-state index contributed by atoms with van der Waals surface area (Å²) in [4.78, 5) is 29.3. The number of carbonyl (C=O) groups excluding carboxylic acids is 2. The number of hydrogen-bond donors (Lipinski definition) is 2. The fraction of sp³-hybridized carbons (Fsp3) is 0.150. The molecule has 3 aromatic rings. The van der Waals surface area contributed by atoms with Gasteiger partial charge in [0.1, 0.15) is 10.3 Å². The van der Waals surface area contributed by atoms with Crippen LogP contribution in [-0.2, 0) is 32.7 Å². The van der Waals surface area contributed by atoms with Crippen LogP contribution in [0.3, 0.4) is 0 Å². The van der Waals surface area contributed by atoms with Crippen molar-refractivity contribution in [2.24, 2.45) is 5.84 Å². The van der Waals surface area contributed by atoms with E-state index < -0.39 is 11.8 Å². The van der Waals surface area contributed by atoms with Gasteiger partial charge in [-0.3, -0.25) is 4.79 Å². The van der Waals surface area contributed by atoms with Gasteiger partial charge in [0.2, 0.25) is 0 Å². The standard InChI is InChI=1S/C18H13BrClN7O2.C2H6N.Y/c1-9-5-10(8-21)6-11(17(28)25-22)15(9)24-18(29)13-7-14(19)26-27(13)16-12(20)3-2-4-23-16;1-3-2;/h2-7H,1H3,(H4,22,24,25,26,28,29);1-2H3;/q;-1;/p-1. The van der Waals surface area contributed by atoms with Gasteiger partial charge in [0, 0.05) is 50.5 Å². The number of nitrogens with one attached hydrogen (secondary N) is 1. The third-order valence-corrected chi connectivity index (χ3v) is 4.59. The first-order chi connectivity index (χ1) is 15.3. The molecule has 3 N–H and O–H groups in total. The SMILES string of the molecule is C[N-]C.Cc1cc(C#N)cc(C(=O)[N-]N)c1NC(=O)c1cc(Br)nn1-c1ncccc1Cl.[Y]. The van der Waals surface area contributed by atoms with Crippen molar-refractivity contribution >= 4 is 45.0 Å². The Morgan fingerprint density at radius 1 is 1.30 bits per heavy atom. The summed E-state index contributed by atoms with van der Waals surface area (Å²) in [5, 5.41) is 19.8. The molecule has 1 radical (unpaired) electrons. The molecule has 0 saturated carbocycles. The van der Waals surface area contributed by atoms with Crippen LogP contribution in [0.1, 0.15) is 32.0 Å². The number of aromatic nitrogens is 3. The number of pyridine rings is 1. The van der Waals surface area contributed by atoms with E-state index in [4.69, 9.17) is 22.7 Å². The molecule has 0 atom stereocenters. The van der Waals surface area contributed by atoms with Gasteiger partial charge in [0.25, 0.3) is 5.91 Å². The van der Waals surface area contributed by atoms with Crippen molar-refractivity contribution < 1.29 is 42.3 Å². The number of nitrogens with zero attached hydrogens (tertiary/aromatic N) is 6. The van der Waals surface area contributed by atoms with E-state index in [0.717, 1.165) is 0 Å². The number of halogens is 2. The smallest absolute Gasteiger partial charge is 0.274 e. The summed E-state index contributed by atoms with van der Waals surface area (Å²) in [7, 11) is 3.50. The van der Waals surface area contributed by atoms with E-state index in [0.29, 0.717) is 15.2 Å². The molecule has 0 fully saturated rings. The molecule has 169 valence electrons. The van der Waals surface area contributed by atoms with E-state index in [1.165, 1.54) is 29.1 Å². The molecule has 3 rings (SSSR count). The molecule has 0 saturated heterocycles.